The number of unbranched alkanes of at least 4 members (excludes halogenated alkanes) is 1. The molecule has 5 nitrogen and oxygen atoms in total. The number of aromatic nitrogens is 2. The van der Waals surface area contributed by atoms with E-state index in [2.05, 4.69) is 20.4 Å². The average molecular weight is 257 g/mol. The van der Waals surface area contributed by atoms with Crippen LogP contribution in [0, 0.1) is 0 Å². The molecule has 17 heavy (non-hydrogen) atoms. The molecule has 0 aliphatic rings. The highest BCUT2D eigenvalue weighted by Gasteiger charge is 2.06. The minimum atomic E-state index is -0.209. The molecular weight excluding hydrogens is 240 g/mol. The first-order valence-corrected chi connectivity index (χ1v) is 5.89. The summed E-state index contributed by atoms with van der Waals surface area (Å²) in [6.07, 6.45) is 2.00. The Morgan fingerprint density at radius 1 is 1.35 bits per heavy atom. The van der Waals surface area contributed by atoms with Crippen molar-refractivity contribution in [2.45, 2.75) is 12.8 Å². The van der Waals surface area contributed by atoms with Crippen molar-refractivity contribution in [2.75, 3.05) is 27.2 Å². The largest absolute Gasteiger partial charge is 0.351 e. The fourth-order valence-corrected chi connectivity index (χ4v) is 1.38. The van der Waals surface area contributed by atoms with Crippen molar-refractivity contribution in [1.82, 2.24) is 20.4 Å². The number of rotatable bonds is 6. The maximum atomic E-state index is 11.6. The Bertz CT molecular complexity index is 353. The number of amides is 1. The summed E-state index contributed by atoms with van der Waals surface area (Å²) in [7, 11) is 4.06. The third-order valence-corrected chi connectivity index (χ3v) is 2.38. The lowest BCUT2D eigenvalue weighted by molar-refractivity contribution is 0.0947. The number of nitrogens with zero attached hydrogens (tertiary/aromatic N) is 3. The van der Waals surface area contributed by atoms with Crippen LogP contribution in [0.3, 0.4) is 0 Å². The van der Waals surface area contributed by atoms with Gasteiger partial charge >= 0.3 is 0 Å². The first-order chi connectivity index (χ1) is 8.09. The summed E-state index contributed by atoms with van der Waals surface area (Å²) in [6.45, 7) is 1.67. The first kappa shape index (κ1) is 13.9. The summed E-state index contributed by atoms with van der Waals surface area (Å²) in [5.41, 5.74) is 0.294. The Balaban J connectivity index is 2.23. The van der Waals surface area contributed by atoms with Gasteiger partial charge in [0.05, 0.1) is 0 Å². The zero-order valence-corrected chi connectivity index (χ0v) is 10.9. The van der Waals surface area contributed by atoms with Gasteiger partial charge in [-0.25, -0.2) is 0 Å². The van der Waals surface area contributed by atoms with E-state index in [1.165, 1.54) is 0 Å². The van der Waals surface area contributed by atoms with Crippen LogP contribution < -0.4 is 5.32 Å². The maximum Gasteiger partial charge on any atom is 0.271 e. The van der Waals surface area contributed by atoms with Gasteiger partial charge in [-0.3, -0.25) is 4.79 Å². The molecule has 1 aromatic heterocycles. The highest BCUT2D eigenvalue weighted by atomic mass is 35.5. The number of hydrogen-bond donors (Lipinski definition) is 1. The maximum absolute atomic E-state index is 11.6. The van der Waals surface area contributed by atoms with Crippen molar-refractivity contribution in [3.05, 3.63) is 23.0 Å². The molecule has 1 heterocycles. The topological polar surface area (TPSA) is 58.1 Å². The highest BCUT2D eigenvalue weighted by molar-refractivity contribution is 6.29. The molecule has 1 rings (SSSR count). The van der Waals surface area contributed by atoms with Gasteiger partial charge in [0.1, 0.15) is 0 Å². The van der Waals surface area contributed by atoms with Crippen LogP contribution in [0.1, 0.15) is 23.3 Å². The molecule has 1 aromatic rings. The lowest BCUT2D eigenvalue weighted by atomic mass is 10.3. The fourth-order valence-electron chi connectivity index (χ4n) is 1.28. The minimum absolute atomic E-state index is 0.209. The summed E-state index contributed by atoms with van der Waals surface area (Å²) in [6, 6.07) is 3.11. The van der Waals surface area contributed by atoms with Gasteiger partial charge in [0, 0.05) is 6.54 Å². The molecule has 6 heteroatoms. The Labute approximate surface area is 106 Å². The van der Waals surface area contributed by atoms with Gasteiger partial charge < -0.3 is 10.2 Å². The second-order valence-corrected chi connectivity index (χ2v) is 4.39. The quantitative estimate of drug-likeness (QED) is 0.777. The number of halogens is 1. The van der Waals surface area contributed by atoms with Crippen LogP contribution in [0.4, 0.5) is 0 Å². The third-order valence-electron chi connectivity index (χ3n) is 2.18. The van der Waals surface area contributed by atoms with Crippen molar-refractivity contribution in [3.8, 4) is 0 Å². The SMILES string of the molecule is CN(C)CCCCNC(=O)c1ccc(Cl)nn1. The first-order valence-electron chi connectivity index (χ1n) is 5.52. The van der Waals surface area contributed by atoms with Crippen molar-refractivity contribution in [1.29, 1.82) is 0 Å². The molecule has 0 spiro atoms. The smallest absolute Gasteiger partial charge is 0.271 e. The molecular formula is C11H17ClN4O. The van der Waals surface area contributed by atoms with E-state index in [0.717, 1.165) is 19.4 Å². The van der Waals surface area contributed by atoms with Gasteiger partial charge in [0.15, 0.2) is 10.8 Å². The Hall–Kier alpha value is -1.20. The summed E-state index contributed by atoms with van der Waals surface area (Å²) < 4.78 is 0. The van der Waals surface area contributed by atoms with Crippen LogP contribution in [0.5, 0.6) is 0 Å². The molecule has 0 unspecified atom stereocenters. The molecule has 0 radical (unpaired) electrons. The van der Waals surface area contributed by atoms with Crippen LogP contribution in [0.25, 0.3) is 0 Å². The molecule has 0 bridgehead atoms. The van der Waals surface area contributed by atoms with E-state index in [1.807, 2.05) is 14.1 Å². The molecule has 0 aromatic carbocycles. The minimum Gasteiger partial charge on any atom is -0.351 e. The van der Waals surface area contributed by atoms with Crippen LogP contribution in [0.2, 0.25) is 5.15 Å². The van der Waals surface area contributed by atoms with Crippen molar-refractivity contribution in [3.63, 3.8) is 0 Å². The molecule has 94 valence electrons. The average Bonchev–Trinajstić information content (AvgIpc) is 2.29. The summed E-state index contributed by atoms with van der Waals surface area (Å²) >= 11 is 5.58. The zero-order chi connectivity index (χ0) is 12.7. The van der Waals surface area contributed by atoms with Crippen molar-refractivity contribution < 1.29 is 4.79 Å². The Kier molecular flexibility index (Phi) is 5.86. The second-order valence-electron chi connectivity index (χ2n) is 4.01. The molecule has 0 atom stereocenters. The highest BCUT2D eigenvalue weighted by Crippen LogP contribution is 2.01. The van der Waals surface area contributed by atoms with Gasteiger partial charge in [-0.05, 0) is 45.6 Å². The Morgan fingerprint density at radius 3 is 2.71 bits per heavy atom. The lowest BCUT2D eigenvalue weighted by Gasteiger charge is -2.09. The predicted molar refractivity (Wildman–Crippen MR) is 67.2 cm³/mol. The van der Waals surface area contributed by atoms with Crippen LogP contribution in [-0.2, 0) is 0 Å². The van der Waals surface area contributed by atoms with Crippen molar-refractivity contribution in [2.24, 2.45) is 0 Å². The molecule has 0 saturated heterocycles. The lowest BCUT2D eigenvalue weighted by Crippen LogP contribution is -2.26. The van der Waals surface area contributed by atoms with E-state index >= 15 is 0 Å². The van der Waals surface area contributed by atoms with Gasteiger partial charge in [-0.1, -0.05) is 11.6 Å². The number of hydrogen-bond acceptors (Lipinski definition) is 4. The van der Waals surface area contributed by atoms with E-state index in [1.54, 1.807) is 12.1 Å². The van der Waals surface area contributed by atoms with Gasteiger partial charge in [0.2, 0.25) is 0 Å². The van der Waals surface area contributed by atoms with E-state index in [0.29, 0.717) is 12.2 Å². The number of nitrogens with one attached hydrogen (secondary N) is 1. The molecule has 0 aliphatic heterocycles. The van der Waals surface area contributed by atoms with E-state index in [4.69, 9.17) is 11.6 Å². The monoisotopic (exact) mass is 256 g/mol. The van der Waals surface area contributed by atoms with E-state index in [-0.39, 0.29) is 11.1 Å². The molecule has 0 fully saturated rings. The van der Waals surface area contributed by atoms with Crippen LogP contribution >= 0.6 is 11.6 Å². The van der Waals surface area contributed by atoms with Gasteiger partial charge in [0.25, 0.3) is 5.91 Å². The van der Waals surface area contributed by atoms with Gasteiger partial charge in [-0.15, -0.1) is 10.2 Å². The normalized spacial score (nSPS) is 10.6. The summed E-state index contributed by atoms with van der Waals surface area (Å²) in [5, 5.41) is 10.4. The van der Waals surface area contributed by atoms with E-state index in [9.17, 15) is 4.79 Å². The summed E-state index contributed by atoms with van der Waals surface area (Å²) in [4.78, 5) is 13.7. The fraction of sp³-hybridized carbons (Fsp3) is 0.545. The number of carbonyl (C=O) groups excluding carboxylic acids is 1. The number of carbonyl (C=O) groups is 1. The predicted octanol–water partition coefficient (Wildman–Crippen LogP) is 1.20. The third kappa shape index (κ3) is 5.60. The zero-order valence-electron chi connectivity index (χ0n) is 10.1. The standard InChI is InChI=1S/C11H17ClN4O/c1-16(2)8-4-3-7-13-11(17)9-5-6-10(12)15-14-9/h5-6H,3-4,7-8H2,1-2H3,(H,13,17). The summed E-state index contributed by atoms with van der Waals surface area (Å²) in [5.74, 6) is -0.209. The molecule has 1 N–H and O–H groups in total. The Morgan fingerprint density at radius 2 is 2.12 bits per heavy atom. The van der Waals surface area contributed by atoms with Crippen LogP contribution in [0.15, 0.2) is 12.1 Å². The molecule has 0 saturated carbocycles. The van der Waals surface area contributed by atoms with Gasteiger partial charge in [-0.2, -0.15) is 0 Å². The second kappa shape index (κ2) is 7.19. The van der Waals surface area contributed by atoms with E-state index < -0.39 is 0 Å². The molecule has 1 amide bonds. The van der Waals surface area contributed by atoms with Crippen molar-refractivity contribution >= 4 is 17.5 Å². The molecule has 0 aliphatic carbocycles. The van der Waals surface area contributed by atoms with Crippen LogP contribution in [-0.4, -0.2) is 48.2 Å².